The molecular weight excluding hydrogens is 564 g/mol. The number of benzene rings is 1. The number of carbonyl (C=O) groups is 4. The zero-order chi connectivity index (χ0) is 32.4. The van der Waals surface area contributed by atoms with Crippen molar-refractivity contribution in [3.8, 4) is 0 Å². The lowest BCUT2D eigenvalue weighted by molar-refractivity contribution is -0.276. The summed E-state index contributed by atoms with van der Waals surface area (Å²) in [5.74, 6) is -2.48. The van der Waals surface area contributed by atoms with Crippen LogP contribution in [0.15, 0.2) is 41.5 Å². The summed E-state index contributed by atoms with van der Waals surface area (Å²) in [6.07, 6.45) is -2.17. The molecule has 1 aromatic rings. The molecule has 9 heteroatoms. The van der Waals surface area contributed by atoms with Crippen molar-refractivity contribution in [2.45, 2.75) is 105 Å². The third-order valence-corrected chi connectivity index (χ3v) is 12.1. The van der Waals surface area contributed by atoms with E-state index in [2.05, 4.69) is 0 Å². The van der Waals surface area contributed by atoms with E-state index in [1.165, 1.54) is 6.92 Å². The van der Waals surface area contributed by atoms with Crippen molar-refractivity contribution in [2.24, 2.45) is 34.0 Å². The quantitative estimate of drug-likeness (QED) is 0.249. The molecule has 44 heavy (non-hydrogen) atoms. The van der Waals surface area contributed by atoms with E-state index in [-0.39, 0.29) is 30.6 Å². The summed E-state index contributed by atoms with van der Waals surface area (Å²) in [4.78, 5) is 54.9. The zero-order valence-corrected chi connectivity index (χ0v) is 27.1. The van der Waals surface area contributed by atoms with Crippen LogP contribution in [-0.2, 0) is 28.5 Å². The summed E-state index contributed by atoms with van der Waals surface area (Å²) in [5, 5.41) is 11.6. The molecule has 4 aliphatic rings. The summed E-state index contributed by atoms with van der Waals surface area (Å²) in [7, 11) is 0. The number of esters is 2. The number of carbonyl (C=O) groups excluding carboxylic acids is 4. The van der Waals surface area contributed by atoms with Gasteiger partial charge in [0.05, 0.1) is 18.3 Å². The Morgan fingerprint density at radius 1 is 1.05 bits per heavy atom. The Hall–Kier alpha value is -3.20. The highest BCUT2D eigenvalue weighted by atomic mass is 16.7. The van der Waals surface area contributed by atoms with Crippen molar-refractivity contribution >= 4 is 23.9 Å². The lowest BCUT2D eigenvalue weighted by Crippen LogP contribution is -2.75. The van der Waals surface area contributed by atoms with E-state index >= 15 is 4.79 Å². The molecule has 3 saturated carbocycles. The number of aliphatic hydroxyl groups is 1. The van der Waals surface area contributed by atoms with Gasteiger partial charge in [-0.3, -0.25) is 9.59 Å². The Kier molecular flexibility index (Phi) is 8.05. The molecule has 3 fully saturated rings. The molecule has 0 spiro atoms. The summed E-state index contributed by atoms with van der Waals surface area (Å²) >= 11 is 0. The van der Waals surface area contributed by atoms with Gasteiger partial charge in [0.2, 0.25) is 0 Å². The molecule has 1 unspecified atom stereocenters. The predicted octanol–water partition coefficient (Wildman–Crippen LogP) is 5.82. The maximum atomic E-state index is 15.2. The SMILES string of the molecule is CCOC(=O)O[C@H]1C(=O)[C@@]2(C)C([C@H](OC(=O)c3ccccc3)[C@]3(C)C[C@H](O)C(C)=C1C3(C)C)[C@]1(OC(C)=O)CC[C@@H]1C[C@@H]2C. The Bertz CT molecular complexity index is 1380. The normalized spacial score (nSPS) is 39.0. The Balaban J connectivity index is 1.82. The van der Waals surface area contributed by atoms with Gasteiger partial charge in [-0.1, -0.05) is 52.8 Å². The highest BCUT2D eigenvalue weighted by molar-refractivity contribution is 5.95. The van der Waals surface area contributed by atoms with Gasteiger partial charge >= 0.3 is 18.1 Å². The van der Waals surface area contributed by atoms with Gasteiger partial charge in [-0.15, -0.1) is 0 Å². The van der Waals surface area contributed by atoms with E-state index < -0.39 is 64.2 Å². The molecule has 9 nitrogen and oxygen atoms in total. The first-order valence-corrected chi connectivity index (χ1v) is 15.8. The van der Waals surface area contributed by atoms with Crippen LogP contribution < -0.4 is 0 Å². The van der Waals surface area contributed by atoms with Gasteiger partial charge in [0.1, 0.15) is 11.7 Å². The summed E-state index contributed by atoms with van der Waals surface area (Å²) in [6.45, 7) is 14.5. The first-order valence-electron chi connectivity index (χ1n) is 15.8. The van der Waals surface area contributed by atoms with E-state index in [1.807, 2.05) is 40.7 Å². The molecule has 0 aromatic heterocycles. The minimum absolute atomic E-state index is 0.0500. The second-order valence-electron chi connectivity index (χ2n) is 14.3. The number of Topliss-reactive ketones (excluding diaryl/α,β-unsaturated/α-hetero) is 1. The lowest BCUT2D eigenvalue weighted by Gasteiger charge is -2.69. The number of hydrogen-bond donors (Lipinski definition) is 1. The second-order valence-corrected chi connectivity index (χ2v) is 14.3. The van der Waals surface area contributed by atoms with Gasteiger partial charge in [-0.2, -0.15) is 0 Å². The average molecular weight is 611 g/mol. The fourth-order valence-electron chi connectivity index (χ4n) is 9.17. The Labute approximate surface area is 259 Å². The smallest absolute Gasteiger partial charge is 0.458 e. The summed E-state index contributed by atoms with van der Waals surface area (Å²) in [5.41, 5.74) is -2.87. The maximum Gasteiger partial charge on any atom is 0.509 e. The zero-order valence-electron chi connectivity index (χ0n) is 27.1. The molecule has 0 heterocycles. The van der Waals surface area contributed by atoms with E-state index in [0.29, 0.717) is 29.6 Å². The molecule has 0 aliphatic heterocycles. The number of fused-ring (bicyclic) bond motifs is 5. The van der Waals surface area contributed by atoms with Gasteiger partial charge < -0.3 is 24.1 Å². The molecule has 5 rings (SSSR count). The van der Waals surface area contributed by atoms with Crippen LogP contribution in [0.1, 0.15) is 91.4 Å². The molecule has 2 bridgehead atoms. The number of hydrogen-bond acceptors (Lipinski definition) is 9. The van der Waals surface area contributed by atoms with E-state index in [9.17, 15) is 19.5 Å². The minimum atomic E-state index is -1.36. The summed E-state index contributed by atoms with van der Waals surface area (Å²) in [6, 6.07) is 8.67. The molecule has 0 amide bonds. The minimum Gasteiger partial charge on any atom is -0.458 e. The monoisotopic (exact) mass is 610 g/mol. The van der Waals surface area contributed by atoms with Crippen molar-refractivity contribution in [1.82, 2.24) is 0 Å². The van der Waals surface area contributed by atoms with Crippen molar-refractivity contribution < 1.29 is 43.2 Å². The number of aliphatic hydroxyl groups excluding tert-OH is 1. The van der Waals surface area contributed by atoms with Crippen LogP contribution >= 0.6 is 0 Å². The largest absolute Gasteiger partial charge is 0.509 e. The first-order chi connectivity index (χ1) is 20.6. The van der Waals surface area contributed by atoms with Crippen LogP contribution in [0.2, 0.25) is 0 Å². The van der Waals surface area contributed by atoms with Gasteiger partial charge in [-0.25, -0.2) is 9.59 Å². The topological polar surface area (TPSA) is 125 Å². The van der Waals surface area contributed by atoms with Crippen LogP contribution in [0.5, 0.6) is 0 Å². The first kappa shape index (κ1) is 32.2. The highest BCUT2D eigenvalue weighted by Crippen LogP contribution is 2.70. The highest BCUT2D eigenvalue weighted by Gasteiger charge is 2.75. The number of ketones is 1. The van der Waals surface area contributed by atoms with Gasteiger partial charge in [-0.05, 0) is 80.1 Å². The third-order valence-electron chi connectivity index (χ3n) is 12.1. The average Bonchev–Trinajstić information content (AvgIpc) is 2.95. The van der Waals surface area contributed by atoms with Crippen LogP contribution in [0, 0.1) is 34.0 Å². The molecule has 240 valence electrons. The Morgan fingerprint density at radius 2 is 1.70 bits per heavy atom. The van der Waals surface area contributed by atoms with Crippen LogP contribution in [0.25, 0.3) is 0 Å². The molecule has 9 atom stereocenters. The molecule has 4 aliphatic carbocycles. The third kappa shape index (κ3) is 4.52. The standard InChI is InChI=1S/C35H46O9/c1-9-41-31(40)42-26-25-20(3)24(37)18-33(7,32(25,5)6)29(43-30(39)22-13-11-10-12-14-22)27-34(8,28(26)38)19(2)17-23-15-16-35(23,27)44-21(4)36/h10-14,19,23-24,26-27,29,37H,9,15-18H2,1-8H3/t19-,23+,24-,26+,27?,29-,33-,34+,35-/m0/s1. The van der Waals surface area contributed by atoms with Crippen LogP contribution in [0.4, 0.5) is 4.79 Å². The lowest BCUT2D eigenvalue weighted by atomic mass is 9.38. The Morgan fingerprint density at radius 3 is 2.27 bits per heavy atom. The van der Waals surface area contributed by atoms with Crippen LogP contribution in [0.3, 0.4) is 0 Å². The van der Waals surface area contributed by atoms with Crippen molar-refractivity contribution in [1.29, 1.82) is 0 Å². The van der Waals surface area contributed by atoms with Crippen LogP contribution in [-0.4, -0.2) is 59.5 Å². The fraction of sp³-hybridized carbons (Fsp3) is 0.657. The number of ether oxygens (including phenoxy) is 4. The number of rotatable bonds is 5. The van der Waals surface area contributed by atoms with Gasteiger partial charge in [0.15, 0.2) is 11.9 Å². The molecule has 1 N–H and O–H groups in total. The predicted molar refractivity (Wildman–Crippen MR) is 160 cm³/mol. The molecule has 0 saturated heterocycles. The second kappa shape index (κ2) is 11.0. The van der Waals surface area contributed by atoms with E-state index in [1.54, 1.807) is 38.1 Å². The van der Waals surface area contributed by atoms with Crippen molar-refractivity contribution in [3.05, 3.63) is 47.0 Å². The molecule has 0 radical (unpaired) electrons. The molecular formula is C35H46O9. The fourth-order valence-corrected chi connectivity index (χ4v) is 9.17. The van der Waals surface area contributed by atoms with E-state index in [4.69, 9.17) is 18.9 Å². The molecule has 1 aromatic carbocycles. The van der Waals surface area contributed by atoms with Crippen molar-refractivity contribution in [3.63, 3.8) is 0 Å². The van der Waals surface area contributed by atoms with Crippen molar-refractivity contribution in [2.75, 3.05) is 6.61 Å². The van der Waals surface area contributed by atoms with Gasteiger partial charge in [0.25, 0.3) is 0 Å². The summed E-state index contributed by atoms with van der Waals surface area (Å²) < 4.78 is 24.0. The van der Waals surface area contributed by atoms with E-state index in [0.717, 1.165) is 6.42 Å². The maximum absolute atomic E-state index is 15.2. The van der Waals surface area contributed by atoms with Gasteiger partial charge in [0, 0.05) is 23.7 Å².